The van der Waals surface area contributed by atoms with Gasteiger partial charge in [0.05, 0.1) is 18.8 Å². The van der Waals surface area contributed by atoms with E-state index in [0.29, 0.717) is 0 Å². The van der Waals surface area contributed by atoms with Crippen LogP contribution in [0, 0.1) is 0 Å². The highest BCUT2D eigenvalue weighted by Crippen LogP contribution is 2.29. The molecule has 1 unspecified atom stereocenters. The molecule has 0 radical (unpaired) electrons. The van der Waals surface area contributed by atoms with Crippen LogP contribution in [0.5, 0.6) is 0 Å². The maximum atomic E-state index is 9.98. The van der Waals surface area contributed by atoms with Crippen molar-refractivity contribution in [1.29, 1.82) is 0 Å². The van der Waals surface area contributed by atoms with Crippen LogP contribution < -0.4 is 0 Å². The van der Waals surface area contributed by atoms with Crippen molar-refractivity contribution in [3.8, 4) is 0 Å². The molecule has 0 bridgehead atoms. The molecule has 2 heterocycles. The predicted molar refractivity (Wildman–Crippen MR) is 70.6 cm³/mol. The summed E-state index contributed by atoms with van der Waals surface area (Å²) in [5.74, 6) is 0. The molecular weight excluding hydrogens is 300 g/mol. The van der Waals surface area contributed by atoms with Crippen molar-refractivity contribution >= 4 is 0 Å². The Morgan fingerprint density at radius 2 is 1.73 bits per heavy atom. The highest BCUT2D eigenvalue weighted by molar-refractivity contribution is 4.91. The van der Waals surface area contributed by atoms with Crippen LogP contribution in [0.3, 0.4) is 0 Å². The summed E-state index contributed by atoms with van der Waals surface area (Å²) in [6, 6.07) is 0. The average Bonchev–Trinajstić information content (AvgIpc) is 2.49. The van der Waals surface area contributed by atoms with E-state index in [1.165, 1.54) is 7.11 Å². The van der Waals surface area contributed by atoms with E-state index in [2.05, 4.69) is 0 Å². The zero-order valence-corrected chi connectivity index (χ0v) is 12.5. The van der Waals surface area contributed by atoms with Crippen molar-refractivity contribution in [3.05, 3.63) is 0 Å². The fourth-order valence-electron chi connectivity index (χ4n) is 2.78. The van der Waals surface area contributed by atoms with E-state index in [0.717, 1.165) is 0 Å². The Kier molecular flexibility index (Phi) is 6.11. The van der Waals surface area contributed by atoms with Crippen LogP contribution in [0.4, 0.5) is 0 Å². The first-order valence-electron chi connectivity index (χ1n) is 7.21. The molecule has 0 aromatic rings. The molecule has 2 fully saturated rings. The quantitative estimate of drug-likeness (QED) is 0.374. The molecule has 2 aliphatic rings. The first kappa shape index (κ1) is 18.0. The second-order valence-electron chi connectivity index (χ2n) is 5.60. The van der Waals surface area contributed by atoms with Gasteiger partial charge in [-0.3, -0.25) is 0 Å². The van der Waals surface area contributed by atoms with Crippen molar-refractivity contribution in [3.63, 3.8) is 0 Å². The SMILES string of the molecule is CO[C@H]1CC(O)O[C@@H](C)[C@H]1O[C@@H]1O[C@H](CO)[C@@H](O)[C@H](O)[C@H]1O. The summed E-state index contributed by atoms with van der Waals surface area (Å²) in [6.07, 6.45) is -9.24. The van der Waals surface area contributed by atoms with Gasteiger partial charge in [0.1, 0.15) is 30.5 Å². The molecule has 9 atom stereocenters. The number of ether oxygens (including phenoxy) is 4. The maximum absolute atomic E-state index is 9.98. The molecule has 130 valence electrons. The van der Waals surface area contributed by atoms with Crippen LogP contribution in [-0.2, 0) is 18.9 Å². The fourth-order valence-corrected chi connectivity index (χ4v) is 2.78. The second-order valence-corrected chi connectivity index (χ2v) is 5.60. The van der Waals surface area contributed by atoms with Crippen LogP contribution in [0.1, 0.15) is 13.3 Å². The predicted octanol–water partition coefficient (Wildman–Crippen LogP) is -2.69. The molecule has 0 aromatic heterocycles. The molecule has 2 saturated heterocycles. The van der Waals surface area contributed by atoms with Crippen LogP contribution in [0.15, 0.2) is 0 Å². The van der Waals surface area contributed by atoms with Crippen molar-refractivity contribution < 1.29 is 44.5 Å². The lowest BCUT2D eigenvalue weighted by molar-refractivity contribution is -0.340. The van der Waals surface area contributed by atoms with Crippen LogP contribution in [0.25, 0.3) is 0 Å². The molecule has 5 N–H and O–H groups in total. The monoisotopic (exact) mass is 324 g/mol. The van der Waals surface area contributed by atoms with E-state index < -0.39 is 61.9 Å². The van der Waals surface area contributed by atoms with Crippen molar-refractivity contribution in [1.82, 2.24) is 0 Å². The Hall–Kier alpha value is -0.360. The molecule has 0 spiro atoms. The fraction of sp³-hybridized carbons (Fsp3) is 1.00. The largest absolute Gasteiger partial charge is 0.394 e. The highest BCUT2D eigenvalue weighted by Gasteiger charge is 2.47. The Bertz CT molecular complexity index is 352. The molecule has 0 amide bonds. The summed E-state index contributed by atoms with van der Waals surface area (Å²) in [5, 5.41) is 48.2. The van der Waals surface area contributed by atoms with Gasteiger partial charge in [0.15, 0.2) is 12.6 Å². The van der Waals surface area contributed by atoms with E-state index in [-0.39, 0.29) is 6.42 Å². The molecule has 9 heteroatoms. The van der Waals surface area contributed by atoms with Crippen molar-refractivity contribution in [2.24, 2.45) is 0 Å². The third-order valence-corrected chi connectivity index (χ3v) is 4.08. The summed E-state index contributed by atoms with van der Waals surface area (Å²) in [7, 11) is 1.46. The van der Waals surface area contributed by atoms with Gasteiger partial charge in [-0.2, -0.15) is 0 Å². The highest BCUT2D eigenvalue weighted by atomic mass is 16.7. The number of rotatable bonds is 4. The number of methoxy groups -OCH3 is 1. The van der Waals surface area contributed by atoms with E-state index in [1.807, 2.05) is 0 Å². The second kappa shape index (κ2) is 7.47. The van der Waals surface area contributed by atoms with E-state index in [1.54, 1.807) is 6.92 Å². The van der Waals surface area contributed by atoms with E-state index in [9.17, 15) is 20.4 Å². The summed E-state index contributed by atoms with van der Waals surface area (Å²) in [5.41, 5.74) is 0. The number of hydrogen-bond acceptors (Lipinski definition) is 9. The minimum Gasteiger partial charge on any atom is -0.394 e. The van der Waals surface area contributed by atoms with Gasteiger partial charge < -0.3 is 44.5 Å². The minimum atomic E-state index is -1.51. The summed E-state index contributed by atoms with van der Waals surface area (Å²) >= 11 is 0. The number of aliphatic hydroxyl groups excluding tert-OH is 5. The first-order valence-corrected chi connectivity index (χ1v) is 7.21. The molecule has 9 nitrogen and oxygen atoms in total. The topological polar surface area (TPSA) is 138 Å². The van der Waals surface area contributed by atoms with Gasteiger partial charge in [-0.15, -0.1) is 0 Å². The molecule has 0 saturated carbocycles. The third-order valence-electron chi connectivity index (χ3n) is 4.08. The van der Waals surface area contributed by atoms with Crippen molar-refractivity contribution in [2.75, 3.05) is 13.7 Å². The standard InChI is InChI=1S/C13H24O9/c1-5-12(6(19-2)3-8(15)20-5)22-13-11(18)10(17)9(16)7(4-14)21-13/h5-18H,3-4H2,1-2H3/t5-,6-,7+,8?,9+,10-,11+,12+,13-/m0/s1. The molecule has 22 heavy (non-hydrogen) atoms. The Morgan fingerprint density at radius 3 is 2.32 bits per heavy atom. The zero-order chi connectivity index (χ0) is 16.4. The summed E-state index contributed by atoms with van der Waals surface area (Å²) in [6.45, 7) is 1.14. The smallest absolute Gasteiger partial charge is 0.187 e. The van der Waals surface area contributed by atoms with Crippen LogP contribution in [-0.4, -0.2) is 94.6 Å². The Balaban J connectivity index is 2.07. The van der Waals surface area contributed by atoms with Gasteiger partial charge >= 0.3 is 0 Å². The summed E-state index contributed by atoms with van der Waals surface area (Å²) in [4.78, 5) is 0. The summed E-state index contributed by atoms with van der Waals surface area (Å²) < 4.78 is 21.5. The maximum Gasteiger partial charge on any atom is 0.187 e. The van der Waals surface area contributed by atoms with Gasteiger partial charge in [-0.1, -0.05) is 0 Å². The molecule has 0 aromatic carbocycles. The lowest BCUT2D eigenvalue weighted by Crippen LogP contribution is -2.61. The average molecular weight is 324 g/mol. The van der Waals surface area contributed by atoms with Gasteiger partial charge in [0, 0.05) is 13.5 Å². The number of hydrogen-bond donors (Lipinski definition) is 5. The third kappa shape index (κ3) is 3.58. The van der Waals surface area contributed by atoms with Gasteiger partial charge in [-0.25, -0.2) is 0 Å². The molecule has 2 aliphatic heterocycles. The van der Waals surface area contributed by atoms with Crippen molar-refractivity contribution in [2.45, 2.75) is 68.7 Å². The Labute approximate surface area is 128 Å². The van der Waals surface area contributed by atoms with Crippen LogP contribution in [0.2, 0.25) is 0 Å². The molecular formula is C13H24O9. The lowest BCUT2D eigenvalue weighted by atomic mass is 9.98. The van der Waals surface area contributed by atoms with E-state index in [4.69, 9.17) is 24.1 Å². The van der Waals surface area contributed by atoms with Crippen LogP contribution >= 0.6 is 0 Å². The number of aliphatic hydroxyl groups is 5. The Morgan fingerprint density at radius 1 is 1.05 bits per heavy atom. The molecule has 0 aliphatic carbocycles. The lowest BCUT2D eigenvalue weighted by Gasteiger charge is -2.44. The normalized spacial score (nSPS) is 50.0. The zero-order valence-electron chi connectivity index (χ0n) is 12.5. The van der Waals surface area contributed by atoms with Gasteiger partial charge in [-0.05, 0) is 6.92 Å². The van der Waals surface area contributed by atoms with Gasteiger partial charge in [0.25, 0.3) is 0 Å². The van der Waals surface area contributed by atoms with Gasteiger partial charge in [0.2, 0.25) is 0 Å². The minimum absolute atomic E-state index is 0.183. The van der Waals surface area contributed by atoms with E-state index >= 15 is 0 Å². The first-order chi connectivity index (χ1) is 10.4. The molecule has 2 rings (SSSR count).